The molecule has 1 saturated carbocycles. The smallest absolute Gasteiger partial charge is 0.232 e. The van der Waals surface area contributed by atoms with Crippen molar-refractivity contribution in [2.45, 2.75) is 58.4 Å². The molecule has 2 amide bonds. The maximum atomic E-state index is 12.5. The predicted octanol–water partition coefficient (Wildman–Crippen LogP) is 2.79. The Morgan fingerprint density at radius 3 is 2.42 bits per heavy atom. The fourth-order valence-corrected chi connectivity index (χ4v) is 4.05. The highest BCUT2D eigenvalue weighted by molar-refractivity contribution is 5.97. The first-order chi connectivity index (χ1) is 12.5. The molecule has 1 heterocycles. The minimum Gasteiger partial charge on any atom is -0.368 e. The molecule has 142 valence electrons. The average molecular weight is 357 g/mol. The van der Waals surface area contributed by atoms with Crippen LogP contribution in [0, 0.1) is 13.8 Å². The summed E-state index contributed by atoms with van der Waals surface area (Å²) in [6.45, 7) is 7.29. The summed E-state index contributed by atoms with van der Waals surface area (Å²) in [5.74, 6) is -0.155. The second kappa shape index (κ2) is 8.56. The number of carbonyl (C=O) groups is 2. The average Bonchev–Trinajstić information content (AvgIpc) is 2.65. The van der Waals surface area contributed by atoms with Crippen LogP contribution in [0.15, 0.2) is 18.2 Å². The molecule has 0 unspecified atom stereocenters. The first kappa shape index (κ1) is 18.7. The molecule has 1 aromatic rings. The van der Waals surface area contributed by atoms with E-state index in [4.69, 9.17) is 0 Å². The topological polar surface area (TPSA) is 52.7 Å². The molecular formula is C21H31N3O2. The molecule has 2 aliphatic rings. The minimum absolute atomic E-state index is 0.0139. The number of aryl methyl sites for hydroxylation is 1. The predicted molar refractivity (Wildman–Crippen MR) is 104 cm³/mol. The van der Waals surface area contributed by atoms with Gasteiger partial charge in [-0.2, -0.15) is 0 Å². The molecule has 1 saturated heterocycles. The number of hydrogen-bond acceptors (Lipinski definition) is 3. The second-order valence-electron chi connectivity index (χ2n) is 7.67. The van der Waals surface area contributed by atoms with Gasteiger partial charge in [-0.1, -0.05) is 31.4 Å². The summed E-state index contributed by atoms with van der Waals surface area (Å²) in [6, 6.07) is 6.64. The quantitative estimate of drug-likeness (QED) is 0.843. The van der Waals surface area contributed by atoms with Crippen molar-refractivity contribution in [3.63, 3.8) is 0 Å². The molecule has 5 heteroatoms. The Hall–Kier alpha value is -2.04. The fourth-order valence-electron chi connectivity index (χ4n) is 4.05. The van der Waals surface area contributed by atoms with Gasteiger partial charge in [-0.3, -0.25) is 9.59 Å². The largest absolute Gasteiger partial charge is 0.368 e. The highest BCUT2D eigenvalue weighted by Crippen LogP contribution is 2.24. The van der Waals surface area contributed by atoms with Crippen LogP contribution < -0.4 is 10.2 Å². The Morgan fingerprint density at radius 1 is 1.04 bits per heavy atom. The number of nitrogens with one attached hydrogen (secondary N) is 1. The van der Waals surface area contributed by atoms with E-state index in [0.29, 0.717) is 13.1 Å². The van der Waals surface area contributed by atoms with Crippen LogP contribution in [0.4, 0.5) is 5.69 Å². The van der Waals surface area contributed by atoms with Crippen LogP contribution in [-0.2, 0) is 9.59 Å². The van der Waals surface area contributed by atoms with E-state index in [1.165, 1.54) is 36.1 Å². The lowest BCUT2D eigenvalue weighted by molar-refractivity contribution is -0.136. The number of piperazine rings is 1. The third-order valence-electron chi connectivity index (χ3n) is 5.83. The Bertz CT molecular complexity index is 645. The lowest BCUT2D eigenvalue weighted by Crippen LogP contribution is -2.50. The van der Waals surface area contributed by atoms with Gasteiger partial charge in [-0.25, -0.2) is 0 Å². The van der Waals surface area contributed by atoms with Crippen LogP contribution in [0.5, 0.6) is 0 Å². The molecule has 1 aliphatic carbocycles. The Labute approximate surface area is 156 Å². The van der Waals surface area contributed by atoms with Crippen LogP contribution in [0.25, 0.3) is 0 Å². The highest BCUT2D eigenvalue weighted by Gasteiger charge is 2.24. The van der Waals surface area contributed by atoms with Crippen LogP contribution in [0.3, 0.4) is 0 Å². The molecule has 0 radical (unpaired) electrons. The van der Waals surface area contributed by atoms with E-state index in [1.54, 1.807) is 0 Å². The number of anilines is 1. The van der Waals surface area contributed by atoms with Gasteiger partial charge in [0.1, 0.15) is 6.42 Å². The first-order valence-electron chi connectivity index (χ1n) is 9.93. The number of rotatable bonds is 4. The van der Waals surface area contributed by atoms with Gasteiger partial charge >= 0.3 is 0 Å². The van der Waals surface area contributed by atoms with E-state index in [2.05, 4.69) is 42.3 Å². The molecular weight excluding hydrogens is 326 g/mol. The van der Waals surface area contributed by atoms with Crippen molar-refractivity contribution >= 4 is 17.5 Å². The van der Waals surface area contributed by atoms with Gasteiger partial charge in [0, 0.05) is 37.9 Å². The molecule has 5 nitrogen and oxygen atoms in total. The first-order valence-corrected chi connectivity index (χ1v) is 9.93. The third kappa shape index (κ3) is 4.57. The van der Waals surface area contributed by atoms with E-state index in [1.807, 2.05) is 4.90 Å². The van der Waals surface area contributed by atoms with Crippen molar-refractivity contribution in [2.24, 2.45) is 0 Å². The zero-order valence-electron chi connectivity index (χ0n) is 16.1. The summed E-state index contributed by atoms with van der Waals surface area (Å²) in [5, 5.41) is 3.04. The minimum atomic E-state index is -0.112. The van der Waals surface area contributed by atoms with Gasteiger partial charge < -0.3 is 15.1 Å². The number of amides is 2. The molecule has 1 aromatic carbocycles. The molecule has 1 N–H and O–H groups in total. The van der Waals surface area contributed by atoms with E-state index >= 15 is 0 Å². The standard InChI is InChI=1S/C21H31N3O2/c1-16-7-6-10-19(17(16)2)23-11-13-24(14-12-23)21(26)15-20(25)22-18-8-4-3-5-9-18/h6-7,10,18H,3-5,8-9,11-15H2,1-2H3,(H,22,25). The van der Waals surface area contributed by atoms with E-state index in [-0.39, 0.29) is 24.3 Å². The molecule has 0 aromatic heterocycles. The van der Waals surface area contributed by atoms with Crippen LogP contribution in [0.2, 0.25) is 0 Å². The monoisotopic (exact) mass is 357 g/mol. The number of carbonyl (C=O) groups excluding carboxylic acids is 2. The van der Waals surface area contributed by atoms with Crippen LogP contribution >= 0.6 is 0 Å². The Kier molecular flexibility index (Phi) is 6.17. The van der Waals surface area contributed by atoms with Crippen LogP contribution in [0.1, 0.15) is 49.7 Å². The van der Waals surface area contributed by atoms with Gasteiger partial charge in [0.2, 0.25) is 11.8 Å². The Morgan fingerprint density at radius 2 is 1.73 bits per heavy atom. The summed E-state index contributed by atoms with van der Waals surface area (Å²) >= 11 is 0. The summed E-state index contributed by atoms with van der Waals surface area (Å²) in [5.41, 5.74) is 3.85. The summed E-state index contributed by atoms with van der Waals surface area (Å²) in [4.78, 5) is 28.8. The second-order valence-corrected chi connectivity index (χ2v) is 7.67. The molecule has 1 aliphatic heterocycles. The van der Waals surface area contributed by atoms with Crippen LogP contribution in [-0.4, -0.2) is 48.9 Å². The van der Waals surface area contributed by atoms with Crippen molar-refractivity contribution in [3.05, 3.63) is 29.3 Å². The number of nitrogens with zero attached hydrogens (tertiary/aromatic N) is 2. The maximum Gasteiger partial charge on any atom is 0.232 e. The highest BCUT2D eigenvalue weighted by atomic mass is 16.2. The molecule has 26 heavy (non-hydrogen) atoms. The molecule has 3 rings (SSSR count). The molecule has 0 spiro atoms. The van der Waals surface area contributed by atoms with E-state index < -0.39 is 0 Å². The van der Waals surface area contributed by atoms with E-state index in [9.17, 15) is 9.59 Å². The van der Waals surface area contributed by atoms with Crippen molar-refractivity contribution in [1.82, 2.24) is 10.2 Å². The van der Waals surface area contributed by atoms with Crippen molar-refractivity contribution in [3.8, 4) is 0 Å². The summed E-state index contributed by atoms with van der Waals surface area (Å²) < 4.78 is 0. The Balaban J connectivity index is 1.47. The summed E-state index contributed by atoms with van der Waals surface area (Å²) in [7, 11) is 0. The van der Waals surface area contributed by atoms with Crippen molar-refractivity contribution in [2.75, 3.05) is 31.1 Å². The van der Waals surface area contributed by atoms with Gasteiger partial charge in [0.15, 0.2) is 0 Å². The van der Waals surface area contributed by atoms with Crippen molar-refractivity contribution < 1.29 is 9.59 Å². The number of hydrogen-bond donors (Lipinski definition) is 1. The van der Waals surface area contributed by atoms with E-state index in [0.717, 1.165) is 25.9 Å². The molecule has 2 fully saturated rings. The number of benzene rings is 1. The molecule has 0 bridgehead atoms. The van der Waals surface area contributed by atoms with Gasteiger partial charge in [-0.15, -0.1) is 0 Å². The lowest BCUT2D eigenvalue weighted by Gasteiger charge is -2.37. The van der Waals surface area contributed by atoms with Crippen molar-refractivity contribution in [1.29, 1.82) is 0 Å². The van der Waals surface area contributed by atoms with Gasteiger partial charge in [0.05, 0.1) is 0 Å². The SMILES string of the molecule is Cc1cccc(N2CCN(C(=O)CC(=O)NC3CCCCC3)CC2)c1C. The summed E-state index contributed by atoms with van der Waals surface area (Å²) in [6.07, 6.45) is 5.71. The lowest BCUT2D eigenvalue weighted by atomic mass is 9.95. The fraction of sp³-hybridized carbons (Fsp3) is 0.619. The van der Waals surface area contributed by atoms with Gasteiger partial charge in [-0.05, 0) is 43.9 Å². The molecule has 0 atom stereocenters. The maximum absolute atomic E-state index is 12.5. The third-order valence-corrected chi connectivity index (χ3v) is 5.83. The normalized spacial score (nSPS) is 18.7. The zero-order chi connectivity index (χ0) is 18.5. The zero-order valence-corrected chi connectivity index (χ0v) is 16.1. The van der Waals surface area contributed by atoms with Gasteiger partial charge in [0.25, 0.3) is 0 Å².